The van der Waals surface area contributed by atoms with E-state index in [1.807, 2.05) is 61.5 Å². The Kier molecular flexibility index (Phi) is 6.76. The van der Waals surface area contributed by atoms with E-state index in [2.05, 4.69) is 4.72 Å². The van der Waals surface area contributed by atoms with Crippen LogP contribution in [0.3, 0.4) is 0 Å². The molecule has 2 aliphatic rings. The van der Waals surface area contributed by atoms with Crippen LogP contribution in [0.25, 0.3) is 0 Å². The Morgan fingerprint density at radius 1 is 0.971 bits per heavy atom. The molecule has 1 aliphatic carbocycles. The highest BCUT2D eigenvalue weighted by atomic mass is 32.2. The maximum atomic E-state index is 13.1. The Bertz CT molecular complexity index is 1330. The number of amides is 1. The summed E-state index contributed by atoms with van der Waals surface area (Å²) in [5.74, 6) is 0.522. The monoisotopic (exact) mass is 488 g/mol. The van der Waals surface area contributed by atoms with Crippen LogP contribution in [0.4, 0.5) is 5.69 Å². The predicted octanol–water partition coefficient (Wildman–Crippen LogP) is 5.72. The molecule has 1 aliphatic heterocycles. The van der Waals surface area contributed by atoms with E-state index in [-0.39, 0.29) is 17.3 Å². The van der Waals surface area contributed by atoms with Gasteiger partial charge in [0.05, 0.1) is 4.90 Å². The number of rotatable bonds is 6. The van der Waals surface area contributed by atoms with Gasteiger partial charge in [-0.2, -0.15) is 0 Å². The third-order valence-electron chi connectivity index (χ3n) is 7.29. The molecule has 0 atom stereocenters. The highest BCUT2D eigenvalue weighted by Gasteiger charge is 2.26. The summed E-state index contributed by atoms with van der Waals surface area (Å²) in [6, 6.07) is 20.9. The topological polar surface area (TPSA) is 66.5 Å². The Hall–Kier alpha value is -2.96. The van der Waals surface area contributed by atoms with Gasteiger partial charge >= 0.3 is 0 Å². The van der Waals surface area contributed by atoms with E-state index in [0.29, 0.717) is 18.0 Å². The third-order valence-corrected chi connectivity index (χ3v) is 8.71. The molecule has 3 aromatic rings. The molecule has 0 radical (unpaired) electrons. The summed E-state index contributed by atoms with van der Waals surface area (Å²) in [6.45, 7) is 2.78. The van der Waals surface area contributed by atoms with Gasteiger partial charge < -0.3 is 4.90 Å². The molecule has 0 unspecified atom stereocenters. The summed E-state index contributed by atoms with van der Waals surface area (Å²) < 4.78 is 28.6. The van der Waals surface area contributed by atoms with E-state index in [9.17, 15) is 13.2 Å². The maximum Gasteiger partial charge on any atom is 0.258 e. The van der Waals surface area contributed by atoms with Crippen LogP contribution in [0.15, 0.2) is 71.6 Å². The second-order valence-electron chi connectivity index (χ2n) is 9.77. The lowest BCUT2D eigenvalue weighted by Crippen LogP contribution is -2.29. The Balaban J connectivity index is 1.28. The van der Waals surface area contributed by atoms with Gasteiger partial charge in [0.2, 0.25) is 10.0 Å². The van der Waals surface area contributed by atoms with Crippen molar-refractivity contribution >= 4 is 21.6 Å². The van der Waals surface area contributed by atoms with Crippen molar-refractivity contribution in [1.29, 1.82) is 0 Å². The van der Waals surface area contributed by atoms with Crippen molar-refractivity contribution in [1.82, 2.24) is 4.72 Å². The summed E-state index contributed by atoms with van der Waals surface area (Å²) in [6.07, 6.45) is 6.97. The standard InChI is InChI=1S/C29H32N2O3S/c1-21-6-5-9-26(18-21)29(32)31-17-16-25-11-10-22(19-28(25)31)20-30-35(33,34)27-14-12-24(13-15-27)23-7-3-2-4-8-23/h5-6,9-15,18-19,23,30H,2-4,7-8,16-17,20H2,1H3. The summed E-state index contributed by atoms with van der Waals surface area (Å²) >= 11 is 0. The van der Waals surface area contributed by atoms with Gasteiger partial charge in [-0.05, 0) is 79.1 Å². The summed E-state index contributed by atoms with van der Waals surface area (Å²) in [5.41, 5.74) is 5.75. The first kappa shape index (κ1) is 23.8. The number of carbonyl (C=O) groups is 1. The van der Waals surface area contributed by atoms with Gasteiger partial charge in [-0.1, -0.05) is 61.2 Å². The molecule has 3 aromatic carbocycles. The molecular formula is C29H32N2O3S. The number of carbonyl (C=O) groups excluding carboxylic acids is 1. The minimum atomic E-state index is -3.63. The van der Waals surface area contributed by atoms with Gasteiger partial charge in [0.25, 0.3) is 5.91 Å². The van der Waals surface area contributed by atoms with Crippen molar-refractivity contribution in [3.8, 4) is 0 Å². The van der Waals surface area contributed by atoms with Crippen LogP contribution in [-0.2, 0) is 23.0 Å². The van der Waals surface area contributed by atoms with Gasteiger partial charge in [-0.15, -0.1) is 0 Å². The van der Waals surface area contributed by atoms with Gasteiger partial charge in [-0.3, -0.25) is 4.79 Å². The molecule has 0 saturated heterocycles. The van der Waals surface area contributed by atoms with Crippen LogP contribution in [0.1, 0.15) is 70.6 Å². The second-order valence-corrected chi connectivity index (χ2v) is 11.5. The predicted molar refractivity (Wildman–Crippen MR) is 139 cm³/mol. The molecule has 182 valence electrons. The van der Waals surface area contributed by atoms with Crippen LogP contribution in [0, 0.1) is 6.92 Å². The van der Waals surface area contributed by atoms with Gasteiger partial charge in [0.1, 0.15) is 0 Å². The zero-order valence-corrected chi connectivity index (χ0v) is 21.0. The minimum absolute atomic E-state index is 0.0248. The Morgan fingerprint density at radius 2 is 1.74 bits per heavy atom. The van der Waals surface area contributed by atoms with E-state index in [1.165, 1.54) is 37.7 Å². The van der Waals surface area contributed by atoms with E-state index in [0.717, 1.165) is 28.8 Å². The van der Waals surface area contributed by atoms with Gasteiger partial charge in [0.15, 0.2) is 0 Å². The molecular weight excluding hydrogens is 456 g/mol. The largest absolute Gasteiger partial charge is 0.308 e. The smallest absolute Gasteiger partial charge is 0.258 e. The average Bonchev–Trinajstić information content (AvgIpc) is 3.31. The number of anilines is 1. The molecule has 0 spiro atoms. The molecule has 1 fully saturated rings. The molecule has 0 bridgehead atoms. The van der Waals surface area contributed by atoms with E-state index < -0.39 is 10.0 Å². The molecule has 1 N–H and O–H groups in total. The first-order valence-electron chi connectivity index (χ1n) is 12.5. The number of hydrogen-bond donors (Lipinski definition) is 1. The van der Waals surface area contributed by atoms with Crippen LogP contribution in [0.5, 0.6) is 0 Å². The lowest BCUT2D eigenvalue weighted by atomic mass is 9.84. The molecule has 1 saturated carbocycles. The second kappa shape index (κ2) is 9.96. The molecule has 6 heteroatoms. The van der Waals surface area contributed by atoms with E-state index in [1.54, 1.807) is 17.0 Å². The Labute approximate surface area is 208 Å². The van der Waals surface area contributed by atoms with Crippen molar-refractivity contribution in [2.24, 2.45) is 0 Å². The lowest BCUT2D eigenvalue weighted by Gasteiger charge is -2.22. The highest BCUT2D eigenvalue weighted by Crippen LogP contribution is 2.33. The zero-order chi connectivity index (χ0) is 24.4. The lowest BCUT2D eigenvalue weighted by molar-refractivity contribution is 0.0989. The quantitative estimate of drug-likeness (QED) is 0.482. The van der Waals surface area contributed by atoms with E-state index >= 15 is 0 Å². The fourth-order valence-corrected chi connectivity index (χ4v) is 6.31. The van der Waals surface area contributed by atoms with Crippen molar-refractivity contribution in [2.45, 2.75) is 62.8 Å². The normalized spacial score (nSPS) is 16.3. The fraction of sp³-hybridized carbons (Fsp3) is 0.345. The van der Waals surface area contributed by atoms with Crippen LogP contribution in [-0.4, -0.2) is 20.9 Å². The Morgan fingerprint density at radius 3 is 2.49 bits per heavy atom. The SMILES string of the molecule is Cc1cccc(C(=O)N2CCc3ccc(CNS(=O)(=O)c4ccc(C5CCCCC5)cc4)cc32)c1. The average molecular weight is 489 g/mol. The number of aryl methyl sites for hydroxylation is 1. The van der Waals surface area contributed by atoms with Crippen molar-refractivity contribution in [2.75, 3.05) is 11.4 Å². The van der Waals surface area contributed by atoms with Crippen LogP contribution < -0.4 is 9.62 Å². The van der Waals surface area contributed by atoms with Gasteiger partial charge in [0, 0.05) is 24.3 Å². The maximum absolute atomic E-state index is 13.1. The van der Waals surface area contributed by atoms with Gasteiger partial charge in [-0.25, -0.2) is 13.1 Å². The van der Waals surface area contributed by atoms with Crippen molar-refractivity contribution < 1.29 is 13.2 Å². The molecule has 5 nitrogen and oxygen atoms in total. The number of fused-ring (bicyclic) bond motifs is 1. The fourth-order valence-electron chi connectivity index (χ4n) is 5.30. The number of nitrogens with zero attached hydrogens (tertiary/aromatic N) is 1. The number of sulfonamides is 1. The first-order valence-corrected chi connectivity index (χ1v) is 14.0. The van der Waals surface area contributed by atoms with Crippen LogP contribution >= 0.6 is 0 Å². The van der Waals surface area contributed by atoms with E-state index in [4.69, 9.17) is 0 Å². The summed E-state index contributed by atoms with van der Waals surface area (Å²) in [5, 5.41) is 0. The minimum Gasteiger partial charge on any atom is -0.308 e. The van der Waals surface area contributed by atoms with Crippen molar-refractivity contribution in [3.63, 3.8) is 0 Å². The molecule has 35 heavy (non-hydrogen) atoms. The molecule has 5 rings (SSSR count). The molecule has 1 amide bonds. The van der Waals surface area contributed by atoms with Crippen LogP contribution in [0.2, 0.25) is 0 Å². The third kappa shape index (κ3) is 5.19. The molecule has 1 heterocycles. The highest BCUT2D eigenvalue weighted by molar-refractivity contribution is 7.89. The summed E-state index contributed by atoms with van der Waals surface area (Å²) in [4.78, 5) is 15.2. The zero-order valence-electron chi connectivity index (χ0n) is 20.2. The first-order chi connectivity index (χ1) is 16.9. The number of hydrogen-bond acceptors (Lipinski definition) is 3. The summed E-state index contributed by atoms with van der Waals surface area (Å²) in [7, 11) is -3.63. The molecule has 0 aromatic heterocycles. The number of benzene rings is 3. The van der Waals surface area contributed by atoms with Crippen molar-refractivity contribution in [3.05, 3.63) is 94.5 Å². The number of nitrogens with one attached hydrogen (secondary N) is 1.